The minimum atomic E-state index is -1.91. The largest absolute Gasteiger partial charge is 0.412 e. The molecule has 1 aliphatic heterocycles. The first-order valence-electron chi connectivity index (χ1n) is 13.1. The Morgan fingerprint density at radius 3 is 1.83 bits per heavy atom. The predicted molar refractivity (Wildman–Crippen MR) is 159 cm³/mol. The Bertz CT molecular complexity index is 997. The Balaban J connectivity index is 1.61. The number of nitrogens with zero attached hydrogens (tertiary/aromatic N) is 3. The zero-order valence-electron chi connectivity index (χ0n) is 23.3. The van der Waals surface area contributed by atoms with Crippen LogP contribution < -0.4 is 9.80 Å². The third kappa shape index (κ3) is 6.72. The van der Waals surface area contributed by atoms with Crippen molar-refractivity contribution in [1.29, 1.82) is 0 Å². The van der Waals surface area contributed by atoms with Gasteiger partial charge < -0.3 is 19.1 Å². The number of carbonyl (C=O) groups excluding carboxylic acids is 1. The Kier molecular flexibility index (Phi) is 9.34. The summed E-state index contributed by atoms with van der Waals surface area (Å²) in [5, 5.41) is 0.141. The molecule has 0 aromatic heterocycles. The molecule has 0 spiro atoms. The number of benzene rings is 2. The summed E-state index contributed by atoms with van der Waals surface area (Å²) in [6.45, 7) is 19.5. The Morgan fingerprint density at radius 1 is 0.972 bits per heavy atom. The fraction of sp³-hybridized carbons (Fsp3) is 0.552. The second-order valence-electron chi connectivity index (χ2n) is 11.5. The SMILES string of the molecule is CC[C@@H]([C@H](C)O[Si](C)(C)C(C)(C)C)N(C)C(=O)c1ccc(N2CCN(c3ccc(Br)cc3)CC2)cc1. The molecule has 0 bridgehead atoms. The predicted octanol–water partition coefficient (Wildman–Crippen LogP) is 7.04. The van der Waals surface area contributed by atoms with Crippen molar-refractivity contribution < 1.29 is 9.22 Å². The molecular formula is C29H44BrN3O2Si. The molecule has 7 heteroatoms. The van der Waals surface area contributed by atoms with Gasteiger partial charge in [0.25, 0.3) is 5.91 Å². The Labute approximate surface area is 228 Å². The van der Waals surface area contributed by atoms with E-state index in [0.29, 0.717) is 0 Å². The standard InChI is InChI=1S/C29H44BrN3O2Si/c1-9-27(22(2)35-36(7,8)29(3,4)5)31(6)28(34)23-10-14-25(15-11-23)32-18-20-33(21-19-32)26-16-12-24(30)13-17-26/h10-17,22,27H,9,18-21H2,1-8H3/t22-,27-/m0/s1. The highest BCUT2D eigenvalue weighted by Crippen LogP contribution is 2.38. The number of hydrogen-bond acceptors (Lipinski definition) is 4. The van der Waals surface area contributed by atoms with Crippen LogP contribution in [0.4, 0.5) is 11.4 Å². The van der Waals surface area contributed by atoms with E-state index in [1.807, 2.05) is 24.1 Å². The van der Waals surface area contributed by atoms with E-state index in [2.05, 4.69) is 110 Å². The first kappa shape index (κ1) is 28.7. The van der Waals surface area contributed by atoms with E-state index in [4.69, 9.17) is 4.43 Å². The molecule has 1 aliphatic rings. The zero-order chi connectivity index (χ0) is 26.7. The van der Waals surface area contributed by atoms with Crippen molar-refractivity contribution in [3.8, 4) is 0 Å². The molecule has 1 amide bonds. The van der Waals surface area contributed by atoms with Gasteiger partial charge in [0.1, 0.15) is 0 Å². The second kappa shape index (κ2) is 11.7. The summed E-state index contributed by atoms with van der Waals surface area (Å²) in [5.74, 6) is 0.0548. The van der Waals surface area contributed by atoms with Crippen LogP contribution >= 0.6 is 15.9 Å². The molecule has 1 heterocycles. The van der Waals surface area contributed by atoms with Gasteiger partial charge in [-0.2, -0.15) is 0 Å². The van der Waals surface area contributed by atoms with Gasteiger partial charge in [0, 0.05) is 54.6 Å². The molecule has 3 rings (SSSR count). The van der Waals surface area contributed by atoms with E-state index >= 15 is 0 Å². The van der Waals surface area contributed by atoms with Gasteiger partial charge in [-0.3, -0.25) is 4.79 Å². The third-order valence-corrected chi connectivity index (χ3v) is 13.1. The van der Waals surface area contributed by atoms with Gasteiger partial charge in [-0.05, 0) is 80.0 Å². The highest BCUT2D eigenvalue weighted by atomic mass is 79.9. The van der Waals surface area contributed by atoms with Gasteiger partial charge >= 0.3 is 0 Å². The van der Waals surface area contributed by atoms with Crippen molar-refractivity contribution >= 4 is 41.5 Å². The molecule has 0 saturated carbocycles. The van der Waals surface area contributed by atoms with Crippen LogP contribution in [0.2, 0.25) is 18.1 Å². The quantitative estimate of drug-likeness (QED) is 0.317. The topological polar surface area (TPSA) is 36.0 Å². The van der Waals surface area contributed by atoms with Crippen molar-refractivity contribution in [2.45, 2.75) is 71.3 Å². The number of anilines is 2. The molecule has 36 heavy (non-hydrogen) atoms. The monoisotopic (exact) mass is 573 g/mol. The molecule has 0 N–H and O–H groups in total. The molecule has 0 aliphatic carbocycles. The number of hydrogen-bond donors (Lipinski definition) is 0. The highest BCUT2D eigenvalue weighted by Gasteiger charge is 2.40. The molecule has 2 aromatic rings. The second-order valence-corrected chi connectivity index (χ2v) is 17.1. The van der Waals surface area contributed by atoms with Gasteiger partial charge in [-0.15, -0.1) is 0 Å². The Morgan fingerprint density at radius 2 is 1.42 bits per heavy atom. The summed E-state index contributed by atoms with van der Waals surface area (Å²) in [4.78, 5) is 20.1. The minimum absolute atomic E-state index is 0.00821. The maximum atomic E-state index is 13.4. The van der Waals surface area contributed by atoms with Crippen LogP contribution in [0.5, 0.6) is 0 Å². The first-order valence-corrected chi connectivity index (χ1v) is 16.8. The number of amides is 1. The van der Waals surface area contributed by atoms with Crippen LogP contribution in [0.25, 0.3) is 0 Å². The summed E-state index contributed by atoms with van der Waals surface area (Å²) >= 11 is 3.51. The molecule has 5 nitrogen and oxygen atoms in total. The number of halogens is 1. The van der Waals surface area contributed by atoms with Crippen LogP contribution in [0, 0.1) is 0 Å². The summed E-state index contributed by atoms with van der Waals surface area (Å²) in [7, 11) is 0.00195. The molecule has 0 radical (unpaired) electrons. The maximum absolute atomic E-state index is 13.4. The fourth-order valence-corrected chi connectivity index (χ4v) is 6.39. The van der Waals surface area contributed by atoms with Gasteiger partial charge in [0.15, 0.2) is 8.32 Å². The fourth-order valence-electron chi connectivity index (χ4n) is 4.68. The van der Waals surface area contributed by atoms with E-state index in [9.17, 15) is 4.79 Å². The summed E-state index contributed by atoms with van der Waals surface area (Å²) in [5.41, 5.74) is 3.16. The number of likely N-dealkylation sites (N-methyl/N-ethyl adjacent to an activating group) is 1. The third-order valence-electron chi connectivity index (χ3n) is 8.02. The molecule has 198 valence electrons. The first-order chi connectivity index (χ1) is 16.8. The molecule has 1 fully saturated rings. The highest BCUT2D eigenvalue weighted by molar-refractivity contribution is 9.10. The minimum Gasteiger partial charge on any atom is -0.412 e. The smallest absolute Gasteiger partial charge is 0.253 e. The number of piperazine rings is 1. The molecule has 0 unspecified atom stereocenters. The summed E-state index contributed by atoms with van der Waals surface area (Å²) < 4.78 is 7.74. The van der Waals surface area contributed by atoms with Crippen molar-refractivity contribution in [2.24, 2.45) is 0 Å². The molecule has 2 atom stereocenters. The van der Waals surface area contributed by atoms with Crippen LogP contribution in [-0.2, 0) is 4.43 Å². The van der Waals surface area contributed by atoms with Gasteiger partial charge in [0.05, 0.1) is 12.1 Å². The Hall–Kier alpha value is -1.83. The van der Waals surface area contributed by atoms with E-state index in [1.165, 1.54) is 11.4 Å². The average Bonchev–Trinajstić information content (AvgIpc) is 2.83. The van der Waals surface area contributed by atoms with Gasteiger partial charge in [-0.1, -0.05) is 43.6 Å². The van der Waals surface area contributed by atoms with Crippen molar-refractivity contribution in [1.82, 2.24) is 4.90 Å². The molecule has 2 aromatic carbocycles. The number of rotatable bonds is 8. The van der Waals surface area contributed by atoms with Crippen molar-refractivity contribution in [3.05, 3.63) is 58.6 Å². The zero-order valence-corrected chi connectivity index (χ0v) is 25.9. The number of carbonyl (C=O) groups is 1. The van der Waals surface area contributed by atoms with Gasteiger partial charge in [-0.25, -0.2) is 0 Å². The van der Waals surface area contributed by atoms with E-state index in [1.54, 1.807) is 0 Å². The van der Waals surface area contributed by atoms with Crippen LogP contribution in [0.3, 0.4) is 0 Å². The lowest BCUT2D eigenvalue weighted by molar-refractivity contribution is 0.0514. The van der Waals surface area contributed by atoms with Gasteiger partial charge in [0.2, 0.25) is 0 Å². The lowest BCUT2D eigenvalue weighted by atomic mass is 10.1. The summed E-state index contributed by atoms with van der Waals surface area (Å²) in [6.07, 6.45) is 0.852. The maximum Gasteiger partial charge on any atom is 0.253 e. The van der Waals surface area contributed by atoms with E-state index in [-0.39, 0.29) is 23.1 Å². The molecular weight excluding hydrogens is 530 g/mol. The van der Waals surface area contributed by atoms with Crippen LogP contribution in [-0.4, -0.2) is 64.5 Å². The van der Waals surface area contributed by atoms with Crippen LogP contribution in [0.1, 0.15) is 51.4 Å². The lowest BCUT2D eigenvalue weighted by Crippen LogP contribution is -2.51. The van der Waals surface area contributed by atoms with Crippen LogP contribution in [0.15, 0.2) is 53.0 Å². The lowest BCUT2D eigenvalue weighted by Gasteiger charge is -2.42. The van der Waals surface area contributed by atoms with Crippen molar-refractivity contribution in [2.75, 3.05) is 43.0 Å². The summed E-state index contributed by atoms with van der Waals surface area (Å²) in [6, 6.07) is 16.7. The van der Waals surface area contributed by atoms with E-state index < -0.39 is 8.32 Å². The normalized spacial score (nSPS) is 16.6. The van der Waals surface area contributed by atoms with Crippen molar-refractivity contribution in [3.63, 3.8) is 0 Å². The molecule has 1 saturated heterocycles. The van der Waals surface area contributed by atoms with E-state index in [0.717, 1.165) is 42.6 Å². The average molecular weight is 575 g/mol.